The van der Waals surface area contributed by atoms with E-state index in [1.54, 1.807) is 12.3 Å². The maximum atomic E-state index is 12.1. The molecule has 1 aromatic heterocycles. The fraction of sp³-hybridized carbons (Fsp3) is 0.600. The summed E-state index contributed by atoms with van der Waals surface area (Å²) < 4.78 is 0. The predicted octanol–water partition coefficient (Wildman–Crippen LogP) is 2.34. The van der Waals surface area contributed by atoms with Gasteiger partial charge in [0, 0.05) is 19.3 Å². The van der Waals surface area contributed by atoms with Crippen LogP contribution < -0.4 is 11.1 Å². The molecule has 106 valence electrons. The first-order valence-electron chi connectivity index (χ1n) is 6.60. The van der Waals surface area contributed by atoms with Crippen molar-refractivity contribution in [2.45, 2.75) is 41.2 Å². The van der Waals surface area contributed by atoms with E-state index < -0.39 is 0 Å². The molecule has 0 radical (unpaired) electrons. The normalized spacial score (nSPS) is 12.3. The van der Waals surface area contributed by atoms with Crippen LogP contribution in [0.15, 0.2) is 18.3 Å². The lowest BCUT2D eigenvalue weighted by atomic mass is 9.69. The molecule has 19 heavy (non-hydrogen) atoms. The summed E-state index contributed by atoms with van der Waals surface area (Å²) in [5.74, 6) is -0.146. The van der Waals surface area contributed by atoms with Crippen molar-refractivity contribution in [3.8, 4) is 0 Å². The Morgan fingerprint density at radius 1 is 1.32 bits per heavy atom. The minimum Gasteiger partial charge on any atom is -0.350 e. The van der Waals surface area contributed by atoms with Crippen LogP contribution in [-0.4, -0.2) is 17.4 Å². The molecule has 0 saturated heterocycles. The molecule has 1 amide bonds. The molecule has 1 rings (SSSR count). The van der Waals surface area contributed by atoms with Crippen LogP contribution in [0.1, 0.15) is 50.7 Å². The predicted molar refractivity (Wildman–Crippen MR) is 77.7 cm³/mol. The van der Waals surface area contributed by atoms with Gasteiger partial charge in [0.15, 0.2) is 0 Å². The fourth-order valence-corrected chi connectivity index (χ4v) is 1.38. The number of nitrogens with zero attached hydrogens (tertiary/aromatic N) is 1. The minimum atomic E-state index is -0.146. The zero-order valence-corrected chi connectivity index (χ0v) is 12.6. The van der Waals surface area contributed by atoms with Gasteiger partial charge in [-0.3, -0.25) is 9.78 Å². The van der Waals surface area contributed by atoms with Gasteiger partial charge in [0.05, 0.1) is 0 Å². The number of amides is 1. The Morgan fingerprint density at radius 3 is 2.47 bits per heavy atom. The molecule has 0 unspecified atom stereocenters. The van der Waals surface area contributed by atoms with Gasteiger partial charge < -0.3 is 11.1 Å². The molecular formula is C15H25N3O. The molecule has 0 fully saturated rings. The number of aromatic nitrogens is 1. The van der Waals surface area contributed by atoms with Gasteiger partial charge in [-0.25, -0.2) is 0 Å². The van der Waals surface area contributed by atoms with E-state index in [0.717, 1.165) is 5.56 Å². The fourth-order valence-electron chi connectivity index (χ4n) is 1.38. The summed E-state index contributed by atoms with van der Waals surface area (Å²) >= 11 is 0. The number of pyridine rings is 1. The highest BCUT2D eigenvalue weighted by molar-refractivity contribution is 5.92. The summed E-state index contributed by atoms with van der Waals surface area (Å²) in [5, 5.41) is 2.95. The van der Waals surface area contributed by atoms with Crippen LogP contribution in [0.3, 0.4) is 0 Å². The lowest BCUT2D eigenvalue weighted by molar-refractivity contribution is 0.0863. The van der Waals surface area contributed by atoms with Crippen LogP contribution in [0.25, 0.3) is 0 Å². The zero-order valence-electron chi connectivity index (χ0n) is 12.6. The Morgan fingerprint density at radius 2 is 1.95 bits per heavy atom. The average Bonchev–Trinajstić information content (AvgIpc) is 2.34. The Balaban J connectivity index is 2.70. The average molecular weight is 263 g/mol. The number of carbonyl (C=O) groups is 1. The zero-order chi connectivity index (χ0) is 14.7. The van der Waals surface area contributed by atoms with Gasteiger partial charge in [-0.1, -0.05) is 34.6 Å². The number of nitrogens with one attached hydrogen (secondary N) is 1. The Bertz CT molecular complexity index is 447. The first kappa shape index (κ1) is 15.6. The van der Waals surface area contributed by atoms with E-state index in [2.05, 4.69) is 44.9 Å². The van der Waals surface area contributed by atoms with Gasteiger partial charge in [-0.05, 0) is 28.5 Å². The van der Waals surface area contributed by atoms with Gasteiger partial charge in [0.2, 0.25) is 0 Å². The lowest BCUT2D eigenvalue weighted by Crippen LogP contribution is -2.41. The van der Waals surface area contributed by atoms with Crippen molar-refractivity contribution in [3.05, 3.63) is 29.6 Å². The first-order valence-corrected chi connectivity index (χ1v) is 6.60. The van der Waals surface area contributed by atoms with Crippen molar-refractivity contribution in [2.75, 3.05) is 6.54 Å². The van der Waals surface area contributed by atoms with E-state index in [1.165, 1.54) is 0 Å². The summed E-state index contributed by atoms with van der Waals surface area (Å²) in [6.45, 7) is 11.8. The highest BCUT2D eigenvalue weighted by atomic mass is 16.1. The topological polar surface area (TPSA) is 68.0 Å². The second kappa shape index (κ2) is 5.70. The van der Waals surface area contributed by atoms with Crippen molar-refractivity contribution < 1.29 is 4.79 Å². The standard InChI is InChI=1S/C15H25N3O/c1-14(2,3)15(4,5)10-18-13(19)12-8-11(9-16)6-7-17-12/h6-8H,9-10,16H2,1-5H3,(H,18,19). The van der Waals surface area contributed by atoms with E-state index in [9.17, 15) is 4.79 Å². The van der Waals surface area contributed by atoms with Crippen molar-refractivity contribution in [3.63, 3.8) is 0 Å². The van der Waals surface area contributed by atoms with Crippen LogP contribution in [0.5, 0.6) is 0 Å². The molecule has 0 aliphatic rings. The highest BCUT2D eigenvalue weighted by Gasteiger charge is 2.33. The van der Waals surface area contributed by atoms with Crippen molar-refractivity contribution in [1.29, 1.82) is 0 Å². The maximum Gasteiger partial charge on any atom is 0.269 e. The van der Waals surface area contributed by atoms with Crippen molar-refractivity contribution in [2.24, 2.45) is 16.6 Å². The van der Waals surface area contributed by atoms with Gasteiger partial charge in [0.25, 0.3) is 5.91 Å². The second-order valence-corrected chi connectivity index (χ2v) is 6.57. The molecule has 4 heteroatoms. The molecule has 1 aromatic rings. The van der Waals surface area contributed by atoms with Crippen LogP contribution in [0, 0.1) is 10.8 Å². The van der Waals surface area contributed by atoms with Crippen molar-refractivity contribution in [1.82, 2.24) is 10.3 Å². The molecule has 3 N–H and O–H groups in total. The molecule has 4 nitrogen and oxygen atoms in total. The first-order chi connectivity index (χ1) is 8.67. The Kier molecular flexibility index (Phi) is 4.69. The van der Waals surface area contributed by atoms with Gasteiger partial charge in [-0.2, -0.15) is 0 Å². The quantitative estimate of drug-likeness (QED) is 0.876. The third-order valence-corrected chi connectivity index (χ3v) is 4.01. The smallest absolute Gasteiger partial charge is 0.269 e. The maximum absolute atomic E-state index is 12.1. The molecular weight excluding hydrogens is 238 g/mol. The highest BCUT2D eigenvalue weighted by Crippen LogP contribution is 2.36. The number of hydrogen-bond donors (Lipinski definition) is 2. The van der Waals surface area contributed by atoms with Crippen LogP contribution >= 0.6 is 0 Å². The van der Waals surface area contributed by atoms with Crippen LogP contribution in [-0.2, 0) is 6.54 Å². The number of carbonyl (C=O) groups excluding carboxylic acids is 1. The molecule has 0 aliphatic heterocycles. The Labute approximate surface area is 115 Å². The van der Waals surface area contributed by atoms with Crippen LogP contribution in [0.2, 0.25) is 0 Å². The van der Waals surface area contributed by atoms with Crippen molar-refractivity contribution >= 4 is 5.91 Å². The third kappa shape index (κ3) is 4.03. The van der Waals surface area contributed by atoms with E-state index in [-0.39, 0.29) is 16.7 Å². The van der Waals surface area contributed by atoms with Crippen LogP contribution in [0.4, 0.5) is 0 Å². The van der Waals surface area contributed by atoms with Gasteiger partial charge in [0.1, 0.15) is 5.69 Å². The molecule has 0 aromatic carbocycles. The van der Waals surface area contributed by atoms with E-state index in [0.29, 0.717) is 18.8 Å². The number of nitrogens with two attached hydrogens (primary N) is 1. The molecule has 0 bridgehead atoms. The SMILES string of the molecule is CC(C)(C)C(C)(C)CNC(=O)c1cc(CN)ccn1. The Hall–Kier alpha value is -1.42. The molecule has 0 aliphatic carbocycles. The number of hydrogen-bond acceptors (Lipinski definition) is 3. The third-order valence-electron chi connectivity index (χ3n) is 4.01. The molecule has 0 saturated carbocycles. The van der Waals surface area contributed by atoms with E-state index in [4.69, 9.17) is 5.73 Å². The molecule has 1 heterocycles. The molecule has 0 atom stereocenters. The summed E-state index contributed by atoms with van der Waals surface area (Å²) in [4.78, 5) is 16.2. The van der Waals surface area contributed by atoms with Gasteiger partial charge in [-0.15, -0.1) is 0 Å². The summed E-state index contributed by atoms with van der Waals surface area (Å²) in [5.41, 5.74) is 7.02. The van der Waals surface area contributed by atoms with Gasteiger partial charge >= 0.3 is 0 Å². The summed E-state index contributed by atoms with van der Waals surface area (Å²) in [6, 6.07) is 3.55. The van der Waals surface area contributed by atoms with E-state index in [1.807, 2.05) is 6.07 Å². The summed E-state index contributed by atoms with van der Waals surface area (Å²) in [6.07, 6.45) is 1.62. The number of rotatable bonds is 4. The largest absolute Gasteiger partial charge is 0.350 e. The van der Waals surface area contributed by atoms with E-state index >= 15 is 0 Å². The second-order valence-electron chi connectivity index (χ2n) is 6.57. The minimum absolute atomic E-state index is 0.00807. The summed E-state index contributed by atoms with van der Waals surface area (Å²) in [7, 11) is 0. The monoisotopic (exact) mass is 263 g/mol. The molecule has 0 spiro atoms. The lowest BCUT2D eigenvalue weighted by Gasteiger charge is -2.38.